The van der Waals surface area contributed by atoms with E-state index in [1.807, 2.05) is 12.1 Å². The lowest BCUT2D eigenvalue weighted by Gasteiger charge is -2.31. The van der Waals surface area contributed by atoms with E-state index in [4.69, 9.17) is 9.47 Å². The number of phenolic OH excluding ortho intramolecular Hbond substituents is 1. The quantitative estimate of drug-likeness (QED) is 0.216. The zero-order valence-corrected chi connectivity index (χ0v) is 25.3. The smallest absolute Gasteiger partial charge is 0.201 e. The Kier molecular flexibility index (Phi) is 12.3. The van der Waals surface area contributed by atoms with Crippen LogP contribution in [0.25, 0.3) is 0 Å². The summed E-state index contributed by atoms with van der Waals surface area (Å²) in [6.07, 6.45) is 13.1. The van der Waals surface area contributed by atoms with E-state index in [1.165, 1.54) is 84.1 Å². The first-order valence-corrected chi connectivity index (χ1v) is 13.8. The Hall–Kier alpha value is -2.38. The predicted molar refractivity (Wildman–Crippen MR) is 147 cm³/mol. The molecule has 0 saturated heterocycles. The van der Waals surface area contributed by atoms with Crippen molar-refractivity contribution in [2.45, 2.75) is 77.7 Å². The molecule has 0 bridgehead atoms. The highest BCUT2D eigenvalue weighted by Crippen LogP contribution is 2.40. The van der Waals surface area contributed by atoms with Crippen LogP contribution in [0.1, 0.15) is 109 Å². The molecule has 0 atom stereocenters. The van der Waals surface area contributed by atoms with Crippen LogP contribution in [0.4, 0.5) is 0 Å². The zero-order valence-electron chi connectivity index (χ0n) is 23.7. The van der Waals surface area contributed by atoms with Gasteiger partial charge in [0.05, 0.1) is 46.0 Å². The number of hydrogen-bond donors (Lipinski definition) is 1. The molecule has 1 aliphatic carbocycles. The average Bonchev–Trinajstić information content (AvgIpc) is 2.87. The van der Waals surface area contributed by atoms with E-state index in [0.717, 1.165) is 29.6 Å². The average molecular weight is 591 g/mol. The van der Waals surface area contributed by atoms with E-state index in [2.05, 4.69) is 21.0 Å². The number of aromatic hydroxyl groups is 1. The Morgan fingerprint density at radius 1 is 0.737 bits per heavy atom. The van der Waals surface area contributed by atoms with Crippen molar-refractivity contribution in [1.29, 1.82) is 0 Å². The molecule has 0 fully saturated rings. The number of ketones is 2. The van der Waals surface area contributed by atoms with Crippen molar-refractivity contribution in [3.63, 3.8) is 0 Å². The molecule has 38 heavy (non-hydrogen) atoms. The second-order valence-corrected chi connectivity index (χ2v) is 10.9. The molecule has 210 valence electrons. The van der Waals surface area contributed by atoms with Crippen LogP contribution < -0.4 is 26.5 Å². The lowest BCUT2D eigenvalue weighted by molar-refractivity contribution is -0.903. The second kappa shape index (κ2) is 14.7. The first kappa shape index (κ1) is 31.8. The minimum absolute atomic E-state index is 0. The topological polar surface area (TPSA) is 72.8 Å². The van der Waals surface area contributed by atoms with E-state index in [0.29, 0.717) is 17.1 Å². The normalized spacial score (nSPS) is 12.6. The summed E-state index contributed by atoms with van der Waals surface area (Å²) in [6, 6.07) is 6.54. The summed E-state index contributed by atoms with van der Waals surface area (Å²) in [5, 5.41) is 10.5. The second-order valence-electron chi connectivity index (χ2n) is 10.9. The number of ether oxygens (including phenoxy) is 2. The summed E-state index contributed by atoms with van der Waals surface area (Å²) in [5.41, 5.74) is 1.64. The van der Waals surface area contributed by atoms with Gasteiger partial charge >= 0.3 is 0 Å². The molecule has 0 unspecified atom stereocenters. The lowest BCUT2D eigenvalue weighted by atomic mass is 9.82. The Morgan fingerprint density at radius 3 is 1.89 bits per heavy atom. The fourth-order valence-corrected chi connectivity index (χ4v) is 5.35. The molecule has 0 amide bonds. The van der Waals surface area contributed by atoms with Gasteiger partial charge in [-0.3, -0.25) is 9.59 Å². The van der Waals surface area contributed by atoms with Gasteiger partial charge in [-0.05, 0) is 31.0 Å². The highest BCUT2D eigenvalue weighted by atomic mass is 79.9. The summed E-state index contributed by atoms with van der Waals surface area (Å²) >= 11 is 0. The fourth-order valence-electron chi connectivity index (χ4n) is 5.35. The van der Waals surface area contributed by atoms with Crippen molar-refractivity contribution < 1.29 is 45.6 Å². The molecule has 0 aliphatic heterocycles. The van der Waals surface area contributed by atoms with Crippen molar-refractivity contribution >= 4 is 11.6 Å². The molecule has 0 heterocycles. The van der Waals surface area contributed by atoms with E-state index in [-0.39, 0.29) is 45.2 Å². The minimum Gasteiger partial charge on any atom is -1.00 e. The largest absolute Gasteiger partial charge is 1.00 e. The van der Waals surface area contributed by atoms with Crippen LogP contribution in [0.3, 0.4) is 0 Å². The standard InChI is InChI=1S/C31H43NO5.BrH/c1-6-7-8-9-10-11-12-13-14-15-16-32(2,3)21-22-17-24-29(27(18-22)37-5)31(35)28-25(30(24)34)19-23(36-4)20-26(28)33;/h17-20H,6-16,21H2,1-5H3;1H. The van der Waals surface area contributed by atoms with Gasteiger partial charge in [0.25, 0.3) is 0 Å². The van der Waals surface area contributed by atoms with Crippen LogP contribution in [-0.2, 0) is 6.54 Å². The van der Waals surface area contributed by atoms with E-state index >= 15 is 0 Å². The van der Waals surface area contributed by atoms with E-state index < -0.39 is 5.78 Å². The third-order valence-corrected chi connectivity index (χ3v) is 7.38. The molecule has 2 aromatic carbocycles. The van der Waals surface area contributed by atoms with Crippen molar-refractivity contribution in [1.82, 2.24) is 0 Å². The maximum absolute atomic E-state index is 13.5. The van der Waals surface area contributed by atoms with Gasteiger partial charge in [0.2, 0.25) is 5.78 Å². The van der Waals surface area contributed by atoms with Gasteiger partial charge in [0.15, 0.2) is 5.78 Å². The number of nitrogens with zero attached hydrogens (tertiary/aromatic N) is 1. The first-order valence-electron chi connectivity index (χ1n) is 13.8. The highest BCUT2D eigenvalue weighted by Gasteiger charge is 2.36. The van der Waals surface area contributed by atoms with E-state index in [1.54, 1.807) is 0 Å². The number of phenols is 1. The van der Waals surface area contributed by atoms with Gasteiger partial charge in [-0.15, -0.1) is 0 Å². The molecule has 1 N–H and O–H groups in total. The summed E-state index contributed by atoms with van der Waals surface area (Å²) < 4.78 is 11.6. The number of carbonyl (C=O) groups is 2. The zero-order chi connectivity index (χ0) is 27.0. The van der Waals surface area contributed by atoms with Crippen molar-refractivity contribution in [3.05, 3.63) is 52.1 Å². The third kappa shape index (κ3) is 7.82. The fraction of sp³-hybridized carbons (Fsp3) is 0.548. The molecule has 0 radical (unpaired) electrons. The monoisotopic (exact) mass is 589 g/mol. The molecule has 7 heteroatoms. The number of benzene rings is 2. The van der Waals surface area contributed by atoms with Gasteiger partial charge in [-0.1, -0.05) is 58.3 Å². The molecule has 0 saturated carbocycles. The Balaban J connectivity index is 0.00000507. The van der Waals surface area contributed by atoms with Crippen molar-refractivity contribution in [2.24, 2.45) is 0 Å². The van der Waals surface area contributed by atoms with Crippen LogP contribution >= 0.6 is 0 Å². The van der Waals surface area contributed by atoms with Gasteiger partial charge < -0.3 is 36.0 Å². The molecule has 0 spiro atoms. The maximum atomic E-state index is 13.5. The maximum Gasteiger partial charge on any atom is 0.201 e. The number of rotatable bonds is 15. The Bertz CT molecular complexity index is 1110. The highest BCUT2D eigenvalue weighted by molar-refractivity contribution is 6.30. The summed E-state index contributed by atoms with van der Waals surface area (Å²) in [6.45, 7) is 4.02. The number of halogens is 1. The van der Waals surface area contributed by atoms with Crippen molar-refractivity contribution in [2.75, 3.05) is 34.9 Å². The van der Waals surface area contributed by atoms with Crippen LogP contribution in [-0.4, -0.2) is 56.0 Å². The van der Waals surface area contributed by atoms with Crippen LogP contribution in [0, 0.1) is 0 Å². The van der Waals surface area contributed by atoms with Gasteiger partial charge in [0.1, 0.15) is 23.8 Å². The van der Waals surface area contributed by atoms with Crippen LogP contribution in [0.15, 0.2) is 24.3 Å². The number of unbranched alkanes of at least 4 members (excludes halogenated alkanes) is 9. The Morgan fingerprint density at radius 2 is 1.32 bits per heavy atom. The number of quaternary nitrogens is 1. The summed E-state index contributed by atoms with van der Waals surface area (Å²) in [7, 11) is 7.36. The first-order chi connectivity index (χ1) is 17.7. The third-order valence-electron chi connectivity index (χ3n) is 7.38. The van der Waals surface area contributed by atoms with Gasteiger partial charge in [-0.25, -0.2) is 0 Å². The molecule has 6 nitrogen and oxygen atoms in total. The summed E-state index contributed by atoms with van der Waals surface area (Å²) in [5.74, 6) is -0.283. The van der Waals surface area contributed by atoms with E-state index in [9.17, 15) is 14.7 Å². The number of methoxy groups -OCH3 is 2. The predicted octanol–water partition coefficient (Wildman–Crippen LogP) is 3.69. The number of fused-ring (bicyclic) bond motifs is 2. The van der Waals surface area contributed by atoms with Crippen molar-refractivity contribution in [3.8, 4) is 17.2 Å². The Labute approximate surface area is 238 Å². The van der Waals surface area contributed by atoms with Crippen LogP contribution in [0.2, 0.25) is 0 Å². The minimum atomic E-state index is -0.410. The molecular weight excluding hydrogens is 546 g/mol. The summed E-state index contributed by atoms with van der Waals surface area (Å²) in [4.78, 5) is 26.8. The molecule has 2 aromatic rings. The van der Waals surface area contributed by atoms with Gasteiger partial charge in [-0.2, -0.15) is 0 Å². The lowest BCUT2D eigenvalue weighted by Crippen LogP contribution is -3.00. The number of carbonyl (C=O) groups excluding carboxylic acids is 2. The molecule has 1 aliphatic rings. The molecule has 3 rings (SSSR count). The van der Waals surface area contributed by atoms with Crippen LogP contribution in [0.5, 0.6) is 17.2 Å². The molecule has 0 aromatic heterocycles. The number of hydrogen-bond acceptors (Lipinski definition) is 5. The SMILES string of the molecule is CCCCCCCCCCCC[N+](C)(C)Cc1cc(OC)c2c(c1)C(=O)c1cc(OC)cc(O)c1C2=O.[Br-]. The molecular formula is C31H44BrNO5. The van der Waals surface area contributed by atoms with Gasteiger partial charge in [0, 0.05) is 22.8 Å².